The molecule has 1 rings (SSSR count). The Morgan fingerprint density at radius 2 is 2.00 bits per heavy atom. The lowest BCUT2D eigenvalue weighted by Crippen LogP contribution is -2.24. The number of ether oxygens (including phenoxy) is 2. The smallest absolute Gasteiger partial charge is 0.346 e. The SMILES string of the molecule is COC(=O)[C@@H](C)Oc1ccc(CBr)cc1. The van der Waals surface area contributed by atoms with Crippen molar-refractivity contribution in [1.82, 2.24) is 0 Å². The highest BCUT2D eigenvalue weighted by Crippen LogP contribution is 2.15. The number of rotatable bonds is 4. The zero-order chi connectivity index (χ0) is 11.3. The first-order valence-corrected chi connectivity index (χ1v) is 5.69. The summed E-state index contributed by atoms with van der Waals surface area (Å²) in [7, 11) is 1.34. The quantitative estimate of drug-likeness (QED) is 0.624. The number of hydrogen-bond donors (Lipinski definition) is 0. The van der Waals surface area contributed by atoms with Crippen LogP contribution >= 0.6 is 15.9 Å². The van der Waals surface area contributed by atoms with E-state index in [0.717, 1.165) is 10.9 Å². The zero-order valence-electron chi connectivity index (χ0n) is 8.70. The van der Waals surface area contributed by atoms with Gasteiger partial charge in [-0.15, -0.1) is 0 Å². The Bertz CT molecular complexity index is 321. The van der Waals surface area contributed by atoms with Crippen molar-refractivity contribution in [3.05, 3.63) is 29.8 Å². The normalized spacial score (nSPS) is 11.9. The maximum atomic E-state index is 11.1. The van der Waals surface area contributed by atoms with E-state index in [1.807, 2.05) is 24.3 Å². The molecular formula is C11H13BrO3. The molecule has 1 atom stereocenters. The second kappa shape index (κ2) is 5.75. The van der Waals surface area contributed by atoms with Gasteiger partial charge in [0.2, 0.25) is 0 Å². The molecular weight excluding hydrogens is 260 g/mol. The lowest BCUT2D eigenvalue weighted by atomic mass is 10.2. The molecule has 0 aliphatic heterocycles. The van der Waals surface area contributed by atoms with Crippen molar-refractivity contribution in [3.8, 4) is 5.75 Å². The van der Waals surface area contributed by atoms with Crippen molar-refractivity contribution in [2.45, 2.75) is 18.4 Å². The molecule has 4 heteroatoms. The van der Waals surface area contributed by atoms with Gasteiger partial charge in [0.05, 0.1) is 7.11 Å². The summed E-state index contributed by atoms with van der Waals surface area (Å²) in [6, 6.07) is 7.54. The van der Waals surface area contributed by atoms with Crippen LogP contribution in [0, 0.1) is 0 Å². The van der Waals surface area contributed by atoms with E-state index in [2.05, 4.69) is 20.7 Å². The standard InChI is InChI=1S/C11H13BrO3/c1-8(11(13)14-2)15-10-5-3-9(7-12)4-6-10/h3-6,8H,7H2,1-2H3/t8-/m1/s1. The molecule has 0 aliphatic rings. The van der Waals surface area contributed by atoms with Crippen LogP contribution in [0.15, 0.2) is 24.3 Å². The van der Waals surface area contributed by atoms with Crippen molar-refractivity contribution in [3.63, 3.8) is 0 Å². The fourth-order valence-corrected chi connectivity index (χ4v) is 1.45. The van der Waals surface area contributed by atoms with Gasteiger partial charge >= 0.3 is 5.97 Å². The minimum Gasteiger partial charge on any atom is -0.479 e. The third kappa shape index (κ3) is 3.55. The predicted molar refractivity (Wildman–Crippen MR) is 61.2 cm³/mol. The lowest BCUT2D eigenvalue weighted by Gasteiger charge is -2.12. The molecule has 1 aromatic rings. The molecule has 0 aromatic heterocycles. The van der Waals surface area contributed by atoms with Crippen LogP contribution in [0.4, 0.5) is 0 Å². The molecule has 0 heterocycles. The van der Waals surface area contributed by atoms with Crippen molar-refractivity contribution in [2.24, 2.45) is 0 Å². The topological polar surface area (TPSA) is 35.5 Å². The van der Waals surface area contributed by atoms with E-state index in [4.69, 9.17) is 4.74 Å². The van der Waals surface area contributed by atoms with Gasteiger partial charge in [0.15, 0.2) is 6.10 Å². The molecule has 82 valence electrons. The number of benzene rings is 1. The molecule has 0 fully saturated rings. The van der Waals surface area contributed by atoms with E-state index >= 15 is 0 Å². The maximum absolute atomic E-state index is 11.1. The average Bonchev–Trinajstić information content (AvgIpc) is 2.29. The Balaban J connectivity index is 2.60. The molecule has 0 spiro atoms. The van der Waals surface area contributed by atoms with Crippen LogP contribution in [0.1, 0.15) is 12.5 Å². The summed E-state index contributed by atoms with van der Waals surface area (Å²) in [4.78, 5) is 11.1. The number of carbonyl (C=O) groups excluding carboxylic acids is 1. The Kier molecular flexibility index (Phi) is 4.62. The Labute approximate surface area is 97.5 Å². The van der Waals surface area contributed by atoms with E-state index in [0.29, 0.717) is 5.75 Å². The summed E-state index contributed by atoms with van der Waals surface area (Å²) in [6.07, 6.45) is -0.579. The minimum absolute atomic E-state index is 0.375. The molecule has 0 saturated carbocycles. The molecule has 0 N–H and O–H groups in total. The number of carbonyl (C=O) groups is 1. The van der Waals surface area contributed by atoms with Crippen molar-refractivity contribution < 1.29 is 14.3 Å². The summed E-state index contributed by atoms with van der Waals surface area (Å²) in [6.45, 7) is 1.66. The maximum Gasteiger partial charge on any atom is 0.346 e. The molecule has 0 amide bonds. The third-order valence-corrected chi connectivity index (χ3v) is 2.57. The van der Waals surface area contributed by atoms with Gasteiger partial charge in [-0.25, -0.2) is 4.79 Å². The van der Waals surface area contributed by atoms with E-state index < -0.39 is 6.10 Å². The zero-order valence-corrected chi connectivity index (χ0v) is 10.3. The van der Waals surface area contributed by atoms with E-state index in [9.17, 15) is 4.79 Å². The van der Waals surface area contributed by atoms with Gasteiger partial charge in [-0.05, 0) is 24.6 Å². The third-order valence-electron chi connectivity index (χ3n) is 1.92. The Morgan fingerprint density at radius 3 is 2.47 bits per heavy atom. The number of alkyl halides is 1. The Hall–Kier alpha value is -1.03. The van der Waals surface area contributed by atoms with Crippen LogP contribution < -0.4 is 4.74 Å². The number of methoxy groups -OCH3 is 1. The summed E-state index contributed by atoms with van der Waals surface area (Å²) in [5, 5.41) is 0.805. The second-order valence-electron chi connectivity index (χ2n) is 3.06. The first-order chi connectivity index (χ1) is 7.17. The van der Waals surface area contributed by atoms with E-state index in [1.54, 1.807) is 6.92 Å². The highest BCUT2D eigenvalue weighted by molar-refractivity contribution is 9.08. The first-order valence-electron chi connectivity index (χ1n) is 4.56. The van der Waals surface area contributed by atoms with Crippen LogP contribution in [0.3, 0.4) is 0 Å². The molecule has 0 radical (unpaired) electrons. The van der Waals surface area contributed by atoms with E-state index in [-0.39, 0.29) is 5.97 Å². The van der Waals surface area contributed by atoms with Gasteiger partial charge in [-0.2, -0.15) is 0 Å². The first kappa shape index (κ1) is 12.0. The fourth-order valence-electron chi connectivity index (χ4n) is 1.08. The number of esters is 1. The van der Waals surface area contributed by atoms with Crippen LogP contribution in [0.25, 0.3) is 0 Å². The summed E-state index contributed by atoms with van der Waals surface area (Å²) in [5.74, 6) is 0.289. The van der Waals surface area contributed by atoms with Crippen LogP contribution in [0.5, 0.6) is 5.75 Å². The minimum atomic E-state index is -0.579. The number of hydrogen-bond acceptors (Lipinski definition) is 3. The largest absolute Gasteiger partial charge is 0.479 e. The van der Waals surface area contributed by atoms with Gasteiger partial charge in [-0.1, -0.05) is 28.1 Å². The number of halogens is 1. The average molecular weight is 273 g/mol. The highest BCUT2D eigenvalue weighted by Gasteiger charge is 2.14. The molecule has 3 nitrogen and oxygen atoms in total. The second-order valence-corrected chi connectivity index (χ2v) is 3.62. The molecule has 0 saturated heterocycles. The molecule has 1 aromatic carbocycles. The van der Waals surface area contributed by atoms with Gasteiger partial charge in [-0.3, -0.25) is 0 Å². The van der Waals surface area contributed by atoms with Crippen molar-refractivity contribution in [1.29, 1.82) is 0 Å². The lowest BCUT2D eigenvalue weighted by molar-refractivity contribution is -0.147. The van der Waals surface area contributed by atoms with E-state index in [1.165, 1.54) is 7.11 Å². The van der Waals surface area contributed by atoms with Crippen molar-refractivity contribution >= 4 is 21.9 Å². The van der Waals surface area contributed by atoms with Crippen molar-refractivity contribution in [2.75, 3.05) is 7.11 Å². The van der Waals surface area contributed by atoms with Gasteiger partial charge in [0.1, 0.15) is 5.75 Å². The summed E-state index contributed by atoms with van der Waals surface area (Å²) in [5.41, 5.74) is 1.16. The van der Waals surface area contributed by atoms with Crippen LogP contribution in [-0.4, -0.2) is 19.2 Å². The van der Waals surface area contributed by atoms with Crippen LogP contribution in [-0.2, 0) is 14.9 Å². The molecule has 0 unspecified atom stereocenters. The summed E-state index contributed by atoms with van der Waals surface area (Å²) >= 11 is 3.35. The van der Waals surface area contributed by atoms with Gasteiger partial charge < -0.3 is 9.47 Å². The predicted octanol–water partition coefficient (Wildman–Crippen LogP) is 2.52. The molecule has 0 aliphatic carbocycles. The highest BCUT2D eigenvalue weighted by atomic mass is 79.9. The monoisotopic (exact) mass is 272 g/mol. The fraction of sp³-hybridized carbons (Fsp3) is 0.364. The van der Waals surface area contributed by atoms with Gasteiger partial charge in [0.25, 0.3) is 0 Å². The Morgan fingerprint density at radius 1 is 1.40 bits per heavy atom. The molecule has 0 bridgehead atoms. The van der Waals surface area contributed by atoms with Crippen LogP contribution in [0.2, 0.25) is 0 Å². The van der Waals surface area contributed by atoms with Gasteiger partial charge in [0, 0.05) is 5.33 Å². The molecule has 15 heavy (non-hydrogen) atoms. The summed E-state index contributed by atoms with van der Waals surface area (Å²) < 4.78 is 9.93.